The van der Waals surface area contributed by atoms with Crippen LogP contribution in [-0.2, 0) is 4.84 Å². The Balaban J connectivity index is 1.92. The number of halogens is 1. The van der Waals surface area contributed by atoms with Crippen molar-refractivity contribution in [3.8, 4) is 0 Å². The van der Waals surface area contributed by atoms with Gasteiger partial charge < -0.3 is 4.84 Å². The van der Waals surface area contributed by atoms with Gasteiger partial charge in [0.2, 0.25) is 0 Å². The highest BCUT2D eigenvalue weighted by Gasteiger charge is 2.18. The Bertz CT molecular complexity index is 141. The molecule has 0 atom stereocenters. The van der Waals surface area contributed by atoms with Gasteiger partial charge in [-0.2, -0.15) is 0 Å². The molecule has 1 fully saturated rings. The second-order valence-corrected chi connectivity index (χ2v) is 2.50. The van der Waals surface area contributed by atoms with Crippen molar-refractivity contribution in [2.75, 3.05) is 6.61 Å². The van der Waals surface area contributed by atoms with Crippen molar-refractivity contribution in [3.63, 3.8) is 0 Å². The Labute approximate surface area is 65.5 Å². The van der Waals surface area contributed by atoms with Gasteiger partial charge in [0, 0.05) is 11.7 Å². The van der Waals surface area contributed by atoms with Gasteiger partial charge in [0.05, 0.1) is 0 Å². The Morgan fingerprint density at radius 1 is 1.60 bits per heavy atom. The van der Waals surface area contributed by atoms with E-state index in [4.69, 9.17) is 16.4 Å². The first kappa shape index (κ1) is 7.61. The van der Waals surface area contributed by atoms with Crippen molar-refractivity contribution < 1.29 is 4.84 Å². The molecule has 56 valence electrons. The van der Waals surface area contributed by atoms with Gasteiger partial charge in [-0.25, -0.2) is 0 Å². The van der Waals surface area contributed by atoms with Gasteiger partial charge in [0.15, 0.2) is 0 Å². The molecule has 1 saturated carbocycles. The van der Waals surface area contributed by atoms with Gasteiger partial charge in [-0.15, -0.1) is 0 Å². The van der Waals surface area contributed by atoms with E-state index in [1.807, 2.05) is 6.21 Å². The molecule has 0 N–H and O–H groups in total. The first-order valence-corrected chi connectivity index (χ1v) is 3.78. The van der Waals surface area contributed by atoms with Gasteiger partial charge >= 0.3 is 0 Å². The minimum atomic E-state index is 0.465. The summed E-state index contributed by atoms with van der Waals surface area (Å²) in [6.07, 6.45) is 6.07. The van der Waals surface area contributed by atoms with Crippen molar-refractivity contribution in [1.82, 2.24) is 0 Å². The molecule has 2 nitrogen and oxygen atoms in total. The maximum Gasteiger partial charge on any atom is 0.136 e. The Morgan fingerprint density at radius 2 is 2.40 bits per heavy atom. The topological polar surface area (TPSA) is 21.6 Å². The molecule has 0 saturated heterocycles. The number of nitrogens with zero attached hydrogens (tertiary/aromatic N) is 1. The second kappa shape index (κ2) is 4.34. The molecule has 0 radical (unpaired) electrons. The van der Waals surface area contributed by atoms with Crippen molar-refractivity contribution >= 4 is 17.8 Å². The predicted molar refractivity (Wildman–Crippen MR) is 42.2 cm³/mol. The summed E-state index contributed by atoms with van der Waals surface area (Å²) in [6, 6.07) is 0. The van der Waals surface area contributed by atoms with Crippen LogP contribution < -0.4 is 0 Å². The summed E-state index contributed by atoms with van der Waals surface area (Å²) in [6.45, 7) is 0.465. The molecule has 0 bridgehead atoms. The van der Waals surface area contributed by atoms with Gasteiger partial charge in [-0.05, 0) is 24.8 Å². The van der Waals surface area contributed by atoms with E-state index in [2.05, 4.69) is 5.16 Å². The van der Waals surface area contributed by atoms with Crippen LogP contribution in [0.4, 0.5) is 0 Å². The lowest BCUT2D eigenvalue weighted by molar-refractivity contribution is 0.175. The quantitative estimate of drug-likeness (QED) is 0.350. The van der Waals surface area contributed by atoms with Gasteiger partial charge in [-0.1, -0.05) is 16.8 Å². The third-order valence-corrected chi connectivity index (χ3v) is 1.41. The monoisotopic (exact) mass is 159 g/mol. The van der Waals surface area contributed by atoms with E-state index in [1.165, 1.54) is 18.4 Å². The summed E-state index contributed by atoms with van der Waals surface area (Å²) < 4.78 is 0. The molecule has 1 rings (SSSR count). The Morgan fingerprint density at radius 3 is 3.00 bits per heavy atom. The molecule has 0 aliphatic heterocycles. The summed E-state index contributed by atoms with van der Waals surface area (Å²) in [4.78, 5) is 4.82. The highest BCUT2D eigenvalue weighted by atomic mass is 35.5. The molecule has 10 heavy (non-hydrogen) atoms. The summed E-state index contributed by atoms with van der Waals surface area (Å²) in [5.74, 6) is 0.681. The molecule has 0 aromatic heterocycles. The normalized spacial score (nSPS) is 18.9. The van der Waals surface area contributed by atoms with E-state index in [0.29, 0.717) is 12.5 Å². The maximum atomic E-state index is 5.24. The van der Waals surface area contributed by atoms with E-state index >= 15 is 0 Å². The summed E-state index contributed by atoms with van der Waals surface area (Å²) >= 11 is 5.24. The molecular weight excluding hydrogens is 150 g/mol. The van der Waals surface area contributed by atoms with Crippen LogP contribution in [0.25, 0.3) is 0 Å². The third-order valence-electron chi connectivity index (χ3n) is 1.23. The molecule has 1 aliphatic carbocycles. The van der Waals surface area contributed by atoms with E-state index in [0.717, 1.165) is 0 Å². The SMILES string of the molecule is Cl/C=C/CO/N=C/C1CC1. The molecule has 0 aromatic rings. The molecule has 0 amide bonds. The smallest absolute Gasteiger partial charge is 0.136 e. The van der Waals surface area contributed by atoms with Crippen LogP contribution in [0.2, 0.25) is 0 Å². The number of rotatable bonds is 4. The van der Waals surface area contributed by atoms with E-state index in [-0.39, 0.29) is 0 Å². The molecule has 0 heterocycles. The van der Waals surface area contributed by atoms with Crippen molar-refractivity contribution in [3.05, 3.63) is 11.6 Å². The minimum Gasteiger partial charge on any atom is -0.392 e. The van der Waals surface area contributed by atoms with Crippen LogP contribution in [0.15, 0.2) is 16.8 Å². The molecular formula is C7H10ClNO. The lowest BCUT2D eigenvalue weighted by atomic mass is 10.5. The van der Waals surface area contributed by atoms with Crippen molar-refractivity contribution in [2.45, 2.75) is 12.8 Å². The summed E-state index contributed by atoms with van der Waals surface area (Å²) in [7, 11) is 0. The van der Waals surface area contributed by atoms with Gasteiger partial charge in [-0.3, -0.25) is 0 Å². The Hall–Kier alpha value is -0.500. The number of oxime groups is 1. The molecule has 0 aromatic carbocycles. The predicted octanol–water partition coefficient (Wildman–Crippen LogP) is 2.15. The molecule has 0 unspecified atom stereocenters. The first-order valence-electron chi connectivity index (χ1n) is 3.34. The average molecular weight is 160 g/mol. The van der Waals surface area contributed by atoms with E-state index in [1.54, 1.807) is 6.08 Å². The largest absolute Gasteiger partial charge is 0.392 e. The number of hydrogen-bond acceptors (Lipinski definition) is 2. The lowest BCUT2D eigenvalue weighted by Crippen LogP contribution is -1.83. The van der Waals surface area contributed by atoms with Crippen molar-refractivity contribution in [2.24, 2.45) is 11.1 Å². The van der Waals surface area contributed by atoms with E-state index in [9.17, 15) is 0 Å². The lowest BCUT2D eigenvalue weighted by Gasteiger charge is -1.89. The van der Waals surface area contributed by atoms with Gasteiger partial charge in [0.25, 0.3) is 0 Å². The van der Waals surface area contributed by atoms with Crippen LogP contribution in [-0.4, -0.2) is 12.8 Å². The van der Waals surface area contributed by atoms with Crippen LogP contribution in [0, 0.1) is 5.92 Å². The fraction of sp³-hybridized carbons (Fsp3) is 0.571. The molecule has 3 heteroatoms. The fourth-order valence-corrected chi connectivity index (χ4v) is 0.570. The van der Waals surface area contributed by atoms with Crippen molar-refractivity contribution in [1.29, 1.82) is 0 Å². The zero-order valence-corrected chi connectivity index (χ0v) is 6.42. The zero-order chi connectivity index (χ0) is 7.23. The highest BCUT2D eigenvalue weighted by molar-refractivity contribution is 6.25. The van der Waals surface area contributed by atoms with Gasteiger partial charge in [0.1, 0.15) is 6.61 Å². The van der Waals surface area contributed by atoms with E-state index < -0.39 is 0 Å². The fourth-order valence-electron chi connectivity index (χ4n) is 0.497. The summed E-state index contributed by atoms with van der Waals surface area (Å²) in [5, 5.41) is 3.74. The third kappa shape index (κ3) is 3.51. The highest BCUT2D eigenvalue weighted by Crippen LogP contribution is 2.26. The Kier molecular flexibility index (Phi) is 3.30. The average Bonchev–Trinajstić information content (AvgIpc) is 2.71. The zero-order valence-electron chi connectivity index (χ0n) is 5.66. The minimum absolute atomic E-state index is 0.465. The van der Waals surface area contributed by atoms with Crippen LogP contribution in [0.3, 0.4) is 0 Å². The van der Waals surface area contributed by atoms with Crippen LogP contribution in [0.5, 0.6) is 0 Å². The standard InChI is InChI=1S/C7H10ClNO/c8-4-1-5-10-9-6-7-2-3-7/h1,4,6-7H,2-3,5H2/b4-1+,9-6+. The number of hydrogen-bond donors (Lipinski definition) is 0. The van der Waals surface area contributed by atoms with Crippen LogP contribution in [0.1, 0.15) is 12.8 Å². The van der Waals surface area contributed by atoms with Crippen LogP contribution >= 0.6 is 11.6 Å². The molecule has 1 aliphatic rings. The summed E-state index contributed by atoms with van der Waals surface area (Å²) in [5.41, 5.74) is 1.42. The second-order valence-electron chi connectivity index (χ2n) is 2.25. The maximum absolute atomic E-state index is 5.24. The first-order chi connectivity index (χ1) is 4.93. The molecule has 0 spiro atoms.